The molecule has 1 saturated heterocycles. The number of benzene rings is 1. The summed E-state index contributed by atoms with van der Waals surface area (Å²) in [5.41, 5.74) is 0.391. The van der Waals surface area contributed by atoms with Gasteiger partial charge in [0.15, 0.2) is 5.82 Å². The van der Waals surface area contributed by atoms with Crippen LogP contribution in [0.2, 0.25) is 0 Å². The maximum atomic E-state index is 13.7. The van der Waals surface area contributed by atoms with Crippen molar-refractivity contribution in [2.45, 2.75) is 65.2 Å². The van der Waals surface area contributed by atoms with Crippen molar-refractivity contribution in [2.75, 3.05) is 32.8 Å². The van der Waals surface area contributed by atoms with Crippen molar-refractivity contribution in [2.24, 2.45) is 0 Å². The average molecular weight is 596 g/mol. The molecule has 0 bridgehead atoms. The summed E-state index contributed by atoms with van der Waals surface area (Å²) >= 11 is 0. The van der Waals surface area contributed by atoms with Crippen LogP contribution in [0, 0.1) is 0 Å². The summed E-state index contributed by atoms with van der Waals surface area (Å²) in [6.45, 7) is 9.88. The fourth-order valence-electron chi connectivity index (χ4n) is 4.31. The Hall–Kier alpha value is -4.32. The molecule has 3 rings (SSSR count). The highest BCUT2D eigenvalue weighted by Gasteiger charge is 2.32. The van der Waals surface area contributed by atoms with Gasteiger partial charge in [0.1, 0.15) is 17.3 Å². The average Bonchev–Trinajstić information content (AvgIpc) is 2.97. The third-order valence-electron chi connectivity index (χ3n) is 6.33. The molecule has 1 aliphatic rings. The van der Waals surface area contributed by atoms with Gasteiger partial charge in [-0.05, 0) is 53.2 Å². The first-order chi connectivity index (χ1) is 20.4. The summed E-state index contributed by atoms with van der Waals surface area (Å²) in [4.78, 5) is 63.9. The van der Waals surface area contributed by atoms with Gasteiger partial charge in [-0.25, -0.2) is 14.8 Å². The number of carbonyl (C=O) groups excluding carboxylic acids is 4. The molecule has 1 unspecified atom stereocenters. The Kier molecular flexibility index (Phi) is 11.8. The fourth-order valence-corrected chi connectivity index (χ4v) is 4.31. The van der Waals surface area contributed by atoms with Gasteiger partial charge in [0.2, 0.25) is 5.91 Å². The molecule has 0 radical (unpaired) electrons. The Morgan fingerprint density at radius 3 is 2.30 bits per heavy atom. The fraction of sp³-hybridized carbons (Fsp3) is 0.484. The largest absolute Gasteiger partial charge is 0.460 e. The van der Waals surface area contributed by atoms with Gasteiger partial charge in [-0.2, -0.15) is 0 Å². The predicted octanol–water partition coefficient (Wildman–Crippen LogP) is 3.06. The van der Waals surface area contributed by atoms with E-state index >= 15 is 0 Å². The maximum Gasteiger partial charge on any atom is 0.409 e. The van der Waals surface area contributed by atoms with Crippen molar-refractivity contribution in [1.29, 1.82) is 0 Å². The molecule has 3 amide bonds. The SMILES string of the molecule is CCOC(=O)N1CCN(C(=O)[C@H](CCC(=O)OC(C)(C)C)NC(=O)c2cc(C=CC(C)O)nc(-c3ccccc3)n2)CC1. The number of nitrogens with one attached hydrogen (secondary N) is 1. The lowest BCUT2D eigenvalue weighted by molar-refractivity contribution is -0.155. The zero-order valence-electron chi connectivity index (χ0n) is 25.4. The smallest absolute Gasteiger partial charge is 0.409 e. The Morgan fingerprint density at radius 1 is 1.05 bits per heavy atom. The number of carbonyl (C=O) groups is 4. The number of hydrogen-bond acceptors (Lipinski definition) is 9. The summed E-state index contributed by atoms with van der Waals surface area (Å²) in [5.74, 6) is -1.21. The number of rotatable bonds is 10. The van der Waals surface area contributed by atoms with Gasteiger partial charge in [0.05, 0.1) is 18.4 Å². The zero-order valence-corrected chi connectivity index (χ0v) is 25.4. The number of hydrogen-bond donors (Lipinski definition) is 2. The van der Waals surface area contributed by atoms with Gasteiger partial charge in [-0.1, -0.05) is 36.4 Å². The molecule has 43 heavy (non-hydrogen) atoms. The number of aromatic nitrogens is 2. The van der Waals surface area contributed by atoms with E-state index in [0.717, 1.165) is 0 Å². The zero-order chi connectivity index (χ0) is 31.6. The van der Waals surface area contributed by atoms with E-state index in [1.54, 1.807) is 45.6 Å². The van der Waals surface area contributed by atoms with E-state index in [1.165, 1.54) is 17.0 Å². The van der Waals surface area contributed by atoms with Crippen LogP contribution >= 0.6 is 0 Å². The predicted molar refractivity (Wildman–Crippen MR) is 160 cm³/mol. The molecule has 1 aromatic heterocycles. The molecule has 1 fully saturated rings. The van der Waals surface area contributed by atoms with Crippen molar-refractivity contribution >= 4 is 30.0 Å². The molecule has 12 nitrogen and oxygen atoms in total. The number of aliphatic hydroxyl groups is 1. The van der Waals surface area contributed by atoms with E-state index in [4.69, 9.17) is 9.47 Å². The topological polar surface area (TPSA) is 151 Å². The van der Waals surface area contributed by atoms with E-state index < -0.39 is 35.7 Å². The number of aliphatic hydroxyl groups excluding tert-OH is 1. The molecular formula is C31H41N5O7. The van der Waals surface area contributed by atoms with Crippen LogP contribution in [0.3, 0.4) is 0 Å². The third kappa shape index (κ3) is 10.5. The summed E-state index contributed by atoms with van der Waals surface area (Å²) in [6, 6.07) is 9.52. The van der Waals surface area contributed by atoms with Crippen LogP contribution in [0.25, 0.3) is 17.5 Å². The lowest BCUT2D eigenvalue weighted by atomic mass is 10.1. The van der Waals surface area contributed by atoms with Gasteiger partial charge in [-0.15, -0.1) is 0 Å². The van der Waals surface area contributed by atoms with Crippen LogP contribution in [0.5, 0.6) is 0 Å². The number of ether oxygens (including phenoxy) is 2. The Balaban J connectivity index is 1.85. The lowest BCUT2D eigenvalue weighted by Crippen LogP contribution is -2.56. The highest BCUT2D eigenvalue weighted by atomic mass is 16.6. The van der Waals surface area contributed by atoms with E-state index in [-0.39, 0.29) is 57.2 Å². The molecule has 0 spiro atoms. The normalized spacial score (nSPS) is 15.1. The second-order valence-electron chi connectivity index (χ2n) is 11.1. The molecule has 0 aliphatic carbocycles. The van der Waals surface area contributed by atoms with Gasteiger partial charge >= 0.3 is 12.1 Å². The van der Waals surface area contributed by atoms with Crippen LogP contribution in [0.1, 0.15) is 63.6 Å². The second-order valence-corrected chi connectivity index (χ2v) is 11.1. The molecule has 1 aliphatic heterocycles. The highest BCUT2D eigenvalue weighted by Crippen LogP contribution is 2.18. The first-order valence-corrected chi connectivity index (χ1v) is 14.4. The maximum absolute atomic E-state index is 13.7. The van der Waals surface area contributed by atoms with Gasteiger partial charge < -0.3 is 29.7 Å². The molecule has 2 atom stereocenters. The summed E-state index contributed by atoms with van der Waals surface area (Å²) in [7, 11) is 0. The minimum atomic E-state index is -1.05. The van der Waals surface area contributed by atoms with Crippen molar-refractivity contribution in [3.63, 3.8) is 0 Å². The number of nitrogens with zero attached hydrogens (tertiary/aromatic N) is 4. The number of piperazine rings is 1. The first kappa shape index (κ1) is 33.2. The molecule has 2 aromatic rings. The van der Waals surface area contributed by atoms with Crippen LogP contribution < -0.4 is 5.32 Å². The number of amides is 3. The van der Waals surface area contributed by atoms with Crippen LogP contribution in [-0.4, -0.2) is 99.3 Å². The Labute approximate surface area is 252 Å². The second kappa shape index (κ2) is 15.2. The van der Waals surface area contributed by atoms with Crippen molar-refractivity contribution in [1.82, 2.24) is 25.1 Å². The van der Waals surface area contributed by atoms with Gasteiger partial charge in [0.25, 0.3) is 5.91 Å². The summed E-state index contributed by atoms with van der Waals surface area (Å²) < 4.78 is 10.5. The standard InChI is InChI=1S/C31H41N5O7/c1-6-42-30(41)36-18-16-35(17-19-36)29(40)24(14-15-26(38)43-31(3,4)5)34-28(39)25-20-23(13-12-21(2)37)32-27(33-25)22-10-8-7-9-11-22/h7-13,20-21,24,37H,6,14-19H2,1-5H3,(H,34,39)/t21?,24-/m0/s1. The molecule has 12 heteroatoms. The quantitative estimate of drug-likeness (QED) is 0.395. The summed E-state index contributed by atoms with van der Waals surface area (Å²) in [5, 5.41) is 12.5. The van der Waals surface area contributed by atoms with E-state index in [2.05, 4.69) is 15.3 Å². The van der Waals surface area contributed by atoms with Crippen LogP contribution in [0.15, 0.2) is 42.5 Å². The molecule has 2 heterocycles. The minimum Gasteiger partial charge on any atom is -0.460 e. The Bertz CT molecular complexity index is 1300. The Morgan fingerprint density at radius 2 is 1.70 bits per heavy atom. The van der Waals surface area contributed by atoms with Crippen LogP contribution in [-0.2, 0) is 19.1 Å². The van der Waals surface area contributed by atoms with E-state index in [0.29, 0.717) is 17.1 Å². The van der Waals surface area contributed by atoms with Crippen molar-refractivity contribution < 1.29 is 33.8 Å². The molecular weight excluding hydrogens is 554 g/mol. The molecule has 0 saturated carbocycles. The van der Waals surface area contributed by atoms with Crippen LogP contribution in [0.4, 0.5) is 4.79 Å². The lowest BCUT2D eigenvalue weighted by Gasteiger charge is -2.36. The molecule has 232 valence electrons. The molecule has 2 N–H and O–H groups in total. The third-order valence-corrected chi connectivity index (χ3v) is 6.33. The van der Waals surface area contributed by atoms with E-state index in [1.807, 2.05) is 30.3 Å². The highest BCUT2D eigenvalue weighted by molar-refractivity contribution is 5.97. The van der Waals surface area contributed by atoms with Crippen molar-refractivity contribution in [3.8, 4) is 11.4 Å². The summed E-state index contributed by atoms with van der Waals surface area (Å²) in [6.07, 6.45) is 1.85. The minimum absolute atomic E-state index is 0.00297. The molecule has 1 aromatic carbocycles. The van der Waals surface area contributed by atoms with Gasteiger partial charge in [-0.3, -0.25) is 14.4 Å². The monoisotopic (exact) mass is 595 g/mol. The van der Waals surface area contributed by atoms with Gasteiger partial charge in [0, 0.05) is 38.2 Å². The number of esters is 1. The first-order valence-electron chi connectivity index (χ1n) is 14.4. The van der Waals surface area contributed by atoms with E-state index in [9.17, 15) is 24.3 Å². The van der Waals surface area contributed by atoms with Crippen molar-refractivity contribution in [3.05, 3.63) is 53.9 Å².